The fourth-order valence-electron chi connectivity index (χ4n) is 1.08. The number of alkyl halides is 1. The number of hydrogen-bond acceptors (Lipinski definition) is 5. The summed E-state index contributed by atoms with van der Waals surface area (Å²) in [6, 6.07) is 1.75. The molecule has 0 fully saturated rings. The Morgan fingerprint density at radius 2 is 2.33 bits per heavy atom. The summed E-state index contributed by atoms with van der Waals surface area (Å²) in [7, 11) is 0. The third-order valence-corrected chi connectivity index (χ3v) is 2.42. The molecule has 1 unspecified atom stereocenters. The van der Waals surface area contributed by atoms with Crippen molar-refractivity contribution in [3.05, 3.63) is 24.3 Å². The van der Waals surface area contributed by atoms with Crippen LogP contribution in [0.5, 0.6) is 0 Å². The van der Waals surface area contributed by atoms with Gasteiger partial charge in [-0.3, -0.25) is 0 Å². The van der Waals surface area contributed by atoms with Crippen LogP contribution in [0.3, 0.4) is 0 Å². The van der Waals surface area contributed by atoms with Crippen LogP contribution in [-0.2, 0) is 0 Å². The van der Waals surface area contributed by atoms with Gasteiger partial charge in [-0.2, -0.15) is 15.2 Å². The van der Waals surface area contributed by atoms with E-state index in [1.165, 1.54) is 0 Å². The normalized spacial score (nSPS) is 12.7. The lowest BCUT2D eigenvalue weighted by Crippen LogP contribution is -1.90. The highest BCUT2D eigenvalue weighted by Crippen LogP contribution is 2.23. The van der Waals surface area contributed by atoms with E-state index in [1.54, 1.807) is 18.5 Å². The van der Waals surface area contributed by atoms with Crippen LogP contribution in [-0.4, -0.2) is 20.3 Å². The Bertz CT molecular complexity index is 431. The van der Waals surface area contributed by atoms with Crippen molar-refractivity contribution in [2.75, 3.05) is 0 Å². The van der Waals surface area contributed by atoms with Gasteiger partial charge in [0.25, 0.3) is 5.89 Å². The van der Waals surface area contributed by atoms with Gasteiger partial charge < -0.3 is 4.52 Å². The van der Waals surface area contributed by atoms with Gasteiger partial charge in [-0.05, 0) is 12.5 Å². The minimum atomic E-state index is -0.211. The molecule has 2 aromatic rings. The van der Waals surface area contributed by atoms with Crippen molar-refractivity contribution in [3.63, 3.8) is 0 Å². The first-order valence-corrected chi connectivity index (χ1v) is 4.99. The molecule has 78 valence electrons. The molecule has 0 spiro atoms. The van der Waals surface area contributed by atoms with E-state index >= 15 is 0 Å². The van der Waals surface area contributed by atoms with E-state index in [1.807, 2.05) is 6.92 Å². The lowest BCUT2D eigenvalue weighted by molar-refractivity contribution is 0.421. The molecule has 0 amide bonds. The van der Waals surface area contributed by atoms with Gasteiger partial charge >= 0.3 is 0 Å². The molecule has 0 aliphatic carbocycles. The highest BCUT2D eigenvalue weighted by atomic mass is 35.5. The van der Waals surface area contributed by atoms with Crippen LogP contribution in [0.4, 0.5) is 0 Å². The number of rotatable bonds is 3. The van der Waals surface area contributed by atoms with Crippen LogP contribution < -0.4 is 0 Å². The summed E-state index contributed by atoms with van der Waals surface area (Å²) in [6.45, 7) is 1.96. The first-order chi connectivity index (χ1) is 7.31. The molecule has 0 bridgehead atoms. The molecule has 0 saturated heterocycles. The van der Waals surface area contributed by atoms with Crippen LogP contribution in [0.15, 0.2) is 23.0 Å². The van der Waals surface area contributed by atoms with Crippen molar-refractivity contribution in [1.29, 1.82) is 0 Å². The molecule has 2 rings (SSSR count). The summed E-state index contributed by atoms with van der Waals surface area (Å²) in [6.07, 6.45) is 3.89. The Labute approximate surface area is 91.5 Å². The van der Waals surface area contributed by atoms with Gasteiger partial charge in [-0.1, -0.05) is 12.1 Å². The van der Waals surface area contributed by atoms with E-state index in [0.717, 1.165) is 12.0 Å². The largest absolute Gasteiger partial charge is 0.334 e. The summed E-state index contributed by atoms with van der Waals surface area (Å²) in [5, 5.41) is 11.0. The Hall–Kier alpha value is -1.49. The summed E-state index contributed by atoms with van der Waals surface area (Å²) >= 11 is 5.98. The number of aromatic nitrogens is 4. The summed E-state index contributed by atoms with van der Waals surface area (Å²) in [4.78, 5) is 4.17. The van der Waals surface area contributed by atoms with E-state index in [-0.39, 0.29) is 5.38 Å². The molecule has 2 heterocycles. The minimum Gasteiger partial charge on any atom is -0.334 e. The van der Waals surface area contributed by atoms with Crippen LogP contribution >= 0.6 is 11.6 Å². The molecule has 0 N–H and O–H groups in total. The molecule has 5 nitrogen and oxygen atoms in total. The van der Waals surface area contributed by atoms with Crippen LogP contribution in [0.2, 0.25) is 0 Å². The van der Waals surface area contributed by atoms with Crippen molar-refractivity contribution in [2.45, 2.75) is 18.7 Å². The zero-order chi connectivity index (χ0) is 10.7. The van der Waals surface area contributed by atoms with Gasteiger partial charge in [-0.25, -0.2) is 0 Å². The fraction of sp³-hybridized carbons (Fsp3) is 0.333. The van der Waals surface area contributed by atoms with Gasteiger partial charge in [-0.15, -0.1) is 11.6 Å². The minimum absolute atomic E-state index is 0.211. The van der Waals surface area contributed by atoms with E-state index in [2.05, 4.69) is 20.3 Å². The molecule has 15 heavy (non-hydrogen) atoms. The smallest absolute Gasteiger partial charge is 0.259 e. The third-order valence-electron chi connectivity index (χ3n) is 1.91. The van der Waals surface area contributed by atoms with Crippen molar-refractivity contribution in [1.82, 2.24) is 20.3 Å². The Morgan fingerprint density at radius 3 is 3.00 bits per heavy atom. The lowest BCUT2D eigenvalue weighted by Gasteiger charge is -1.96. The second kappa shape index (κ2) is 4.35. The molecular weight excluding hydrogens is 216 g/mol. The van der Waals surface area contributed by atoms with Crippen molar-refractivity contribution in [2.24, 2.45) is 0 Å². The van der Waals surface area contributed by atoms with Crippen LogP contribution in [0, 0.1) is 0 Å². The maximum atomic E-state index is 5.98. The predicted molar refractivity (Wildman–Crippen MR) is 54.2 cm³/mol. The first kappa shape index (κ1) is 10.0. The number of nitrogens with zero attached hydrogens (tertiary/aromatic N) is 4. The van der Waals surface area contributed by atoms with Gasteiger partial charge in [0.1, 0.15) is 0 Å². The molecule has 0 radical (unpaired) electrons. The monoisotopic (exact) mass is 224 g/mol. The highest BCUT2D eigenvalue weighted by Gasteiger charge is 2.14. The second-order valence-corrected chi connectivity index (χ2v) is 3.49. The van der Waals surface area contributed by atoms with Crippen LogP contribution in [0.1, 0.15) is 24.5 Å². The SMILES string of the molecule is CCC(Cl)c1noc(-c2ccnnc2)n1. The molecular formula is C9H9ClN4O. The third kappa shape index (κ3) is 2.12. The second-order valence-electron chi connectivity index (χ2n) is 2.96. The summed E-state index contributed by atoms with van der Waals surface area (Å²) in [5.74, 6) is 0.921. The number of hydrogen-bond donors (Lipinski definition) is 0. The summed E-state index contributed by atoms with van der Waals surface area (Å²) in [5.41, 5.74) is 0.740. The van der Waals surface area contributed by atoms with Crippen molar-refractivity contribution >= 4 is 11.6 Å². The van der Waals surface area contributed by atoms with E-state index < -0.39 is 0 Å². The van der Waals surface area contributed by atoms with Gasteiger partial charge in [0.2, 0.25) is 0 Å². The van der Waals surface area contributed by atoms with E-state index in [9.17, 15) is 0 Å². The van der Waals surface area contributed by atoms with Crippen LogP contribution in [0.25, 0.3) is 11.5 Å². The maximum absolute atomic E-state index is 5.98. The molecule has 6 heteroatoms. The molecule has 2 aromatic heterocycles. The van der Waals surface area contributed by atoms with E-state index in [0.29, 0.717) is 11.7 Å². The van der Waals surface area contributed by atoms with Crippen molar-refractivity contribution < 1.29 is 4.52 Å². The van der Waals surface area contributed by atoms with Gasteiger partial charge in [0, 0.05) is 0 Å². The molecule has 0 aliphatic rings. The average molecular weight is 225 g/mol. The molecule has 0 aromatic carbocycles. The highest BCUT2D eigenvalue weighted by molar-refractivity contribution is 6.20. The molecule has 0 saturated carbocycles. The Morgan fingerprint density at radius 1 is 1.47 bits per heavy atom. The molecule has 0 aliphatic heterocycles. The predicted octanol–water partition coefficient (Wildman–Crippen LogP) is 2.22. The molecule has 1 atom stereocenters. The quantitative estimate of drug-likeness (QED) is 0.748. The Balaban J connectivity index is 2.28. The standard InChI is InChI=1S/C9H9ClN4O/c1-2-7(10)8-13-9(15-14-8)6-3-4-11-12-5-6/h3-5,7H,2H2,1H3. The van der Waals surface area contributed by atoms with Gasteiger partial charge in [0.05, 0.1) is 23.3 Å². The summed E-state index contributed by atoms with van der Waals surface area (Å²) < 4.78 is 5.06. The number of halogens is 1. The van der Waals surface area contributed by atoms with E-state index in [4.69, 9.17) is 16.1 Å². The topological polar surface area (TPSA) is 64.7 Å². The Kier molecular flexibility index (Phi) is 2.91. The zero-order valence-electron chi connectivity index (χ0n) is 8.09. The van der Waals surface area contributed by atoms with Gasteiger partial charge in [0.15, 0.2) is 5.82 Å². The zero-order valence-corrected chi connectivity index (χ0v) is 8.85. The van der Waals surface area contributed by atoms with Crippen molar-refractivity contribution in [3.8, 4) is 11.5 Å². The lowest BCUT2D eigenvalue weighted by atomic mass is 10.3. The first-order valence-electron chi connectivity index (χ1n) is 4.56. The average Bonchev–Trinajstić information content (AvgIpc) is 2.78. The fourth-order valence-corrected chi connectivity index (χ4v) is 1.17. The maximum Gasteiger partial charge on any atom is 0.259 e.